The van der Waals surface area contributed by atoms with Gasteiger partial charge in [0.05, 0.1) is 12.8 Å². The highest BCUT2D eigenvalue weighted by Gasteiger charge is 2.07. The molecular weight excluding hydrogens is 272 g/mol. The monoisotopic (exact) mass is 292 g/mol. The Kier molecular flexibility index (Phi) is 5.59. The third kappa shape index (κ3) is 5.09. The molecule has 0 saturated heterocycles. The van der Waals surface area contributed by atoms with Gasteiger partial charge in [-0.1, -0.05) is 11.2 Å². The maximum absolute atomic E-state index is 9.86. The van der Waals surface area contributed by atoms with Crippen LogP contribution >= 0.6 is 0 Å². The van der Waals surface area contributed by atoms with Gasteiger partial charge in [-0.25, -0.2) is 0 Å². The lowest BCUT2D eigenvalue weighted by molar-refractivity contribution is 0.106. The number of aromatic nitrogens is 1. The number of aryl methyl sites for hydroxylation is 1. The van der Waals surface area contributed by atoms with Crippen LogP contribution in [0.5, 0.6) is 11.5 Å². The van der Waals surface area contributed by atoms with E-state index in [0.29, 0.717) is 18.8 Å². The lowest BCUT2D eigenvalue weighted by Gasteiger charge is -2.13. The van der Waals surface area contributed by atoms with Crippen LogP contribution < -0.4 is 14.8 Å². The molecule has 1 aromatic carbocycles. The molecule has 0 amide bonds. The largest absolute Gasteiger partial charge is 0.497 e. The summed E-state index contributed by atoms with van der Waals surface area (Å²) in [6, 6.07) is 9.13. The van der Waals surface area contributed by atoms with Gasteiger partial charge in [0.2, 0.25) is 0 Å². The highest BCUT2D eigenvalue weighted by atomic mass is 16.5. The smallest absolute Gasteiger partial charge is 0.133 e. The van der Waals surface area contributed by atoms with Gasteiger partial charge in [0, 0.05) is 25.2 Å². The molecule has 0 aliphatic carbocycles. The molecular formula is C15H20N2O4. The number of nitrogens with one attached hydrogen (secondary N) is 1. The zero-order valence-electron chi connectivity index (χ0n) is 12.2. The molecule has 0 aliphatic rings. The van der Waals surface area contributed by atoms with Crippen LogP contribution in [0.25, 0.3) is 0 Å². The molecule has 1 atom stereocenters. The highest BCUT2D eigenvalue weighted by molar-refractivity contribution is 5.32. The Hall–Kier alpha value is -2.05. The van der Waals surface area contributed by atoms with Crippen LogP contribution in [0.4, 0.5) is 0 Å². The fraction of sp³-hybridized carbons (Fsp3) is 0.400. The zero-order chi connectivity index (χ0) is 15.1. The van der Waals surface area contributed by atoms with E-state index >= 15 is 0 Å². The Morgan fingerprint density at radius 3 is 2.86 bits per heavy atom. The number of ether oxygens (including phenoxy) is 2. The van der Waals surface area contributed by atoms with E-state index in [1.807, 2.05) is 31.2 Å². The molecule has 0 radical (unpaired) electrons. The van der Waals surface area contributed by atoms with Crippen molar-refractivity contribution in [2.75, 3.05) is 20.3 Å². The summed E-state index contributed by atoms with van der Waals surface area (Å²) in [5.74, 6) is 2.16. The van der Waals surface area contributed by atoms with Gasteiger partial charge in [-0.2, -0.15) is 0 Å². The van der Waals surface area contributed by atoms with Crippen LogP contribution in [0.2, 0.25) is 0 Å². The van der Waals surface area contributed by atoms with Crippen LogP contribution in [-0.2, 0) is 6.54 Å². The Labute approximate surface area is 123 Å². The van der Waals surface area contributed by atoms with Crippen molar-refractivity contribution in [2.45, 2.75) is 19.6 Å². The second-order valence-corrected chi connectivity index (χ2v) is 4.70. The Balaban J connectivity index is 1.68. The van der Waals surface area contributed by atoms with Gasteiger partial charge >= 0.3 is 0 Å². The topological polar surface area (TPSA) is 76.8 Å². The van der Waals surface area contributed by atoms with Crippen molar-refractivity contribution in [3.63, 3.8) is 0 Å². The standard InChI is InChI=1S/C15H20N2O4/c1-11-6-12(17-21-11)8-16-9-13(18)10-20-15-5-3-4-14(7-15)19-2/h3-7,13,16,18H,8-10H2,1-2H3. The molecule has 6 nitrogen and oxygen atoms in total. The normalized spacial score (nSPS) is 12.1. The molecule has 1 aromatic heterocycles. The summed E-state index contributed by atoms with van der Waals surface area (Å²) in [6.45, 7) is 3.01. The number of hydrogen-bond donors (Lipinski definition) is 2. The number of aliphatic hydroxyl groups excluding tert-OH is 1. The van der Waals surface area contributed by atoms with Crippen LogP contribution in [0.3, 0.4) is 0 Å². The molecule has 1 unspecified atom stereocenters. The van der Waals surface area contributed by atoms with Gasteiger partial charge in [-0.15, -0.1) is 0 Å². The molecule has 2 aromatic rings. The van der Waals surface area contributed by atoms with Crippen LogP contribution in [0.15, 0.2) is 34.9 Å². The van der Waals surface area contributed by atoms with Crippen LogP contribution in [0, 0.1) is 6.92 Å². The first kappa shape index (κ1) is 15.3. The second-order valence-electron chi connectivity index (χ2n) is 4.70. The van der Waals surface area contributed by atoms with E-state index in [4.69, 9.17) is 14.0 Å². The summed E-state index contributed by atoms with van der Waals surface area (Å²) in [5, 5.41) is 16.8. The average Bonchev–Trinajstić information content (AvgIpc) is 2.91. The third-order valence-corrected chi connectivity index (χ3v) is 2.85. The summed E-state index contributed by atoms with van der Waals surface area (Å²) >= 11 is 0. The van der Waals surface area contributed by atoms with Gasteiger partial charge < -0.3 is 24.4 Å². The van der Waals surface area contributed by atoms with Crippen molar-refractivity contribution in [3.8, 4) is 11.5 Å². The minimum atomic E-state index is -0.607. The molecule has 6 heteroatoms. The van der Waals surface area contributed by atoms with E-state index in [1.54, 1.807) is 13.2 Å². The summed E-state index contributed by atoms with van der Waals surface area (Å²) < 4.78 is 15.6. The van der Waals surface area contributed by atoms with E-state index in [2.05, 4.69) is 10.5 Å². The van der Waals surface area contributed by atoms with Gasteiger partial charge in [-0.3, -0.25) is 0 Å². The van der Waals surface area contributed by atoms with Crippen molar-refractivity contribution in [2.24, 2.45) is 0 Å². The highest BCUT2D eigenvalue weighted by Crippen LogP contribution is 2.18. The van der Waals surface area contributed by atoms with E-state index in [0.717, 1.165) is 17.2 Å². The predicted molar refractivity (Wildman–Crippen MR) is 77.4 cm³/mol. The SMILES string of the molecule is COc1cccc(OCC(O)CNCc2cc(C)on2)c1. The molecule has 0 saturated carbocycles. The lowest BCUT2D eigenvalue weighted by atomic mass is 10.3. The number of methoxy groups -OCH3 is 1. The molecule has 114 valence electrons. The third-order valence-electron chi connectivity index (χ3n) is 2.85. The quantitative estimate of drug-likeness (QED) is 0.768. The van der Waals surface area contributed by atoms with Crippen molar-refractivity contribution in [1.82, 2.24) is 10.5 Å². The number of benzene rings is 1. The van der Waals surface area contributed by atoms with Crippen molar-refractivity contribution in [3.05, 3.63) is 41.8 Å². The summed E-state index contributed by atoms with van der Waals surface area (Å²) in [7, 11) is 1.60. The summed E-state index contributed by atoms with van der Waals surface area (Å²) in [4.78, 5) is 0. The molecule has 0 fully saturated rings. The van der Waals surface area contributed by atoms with Crippen molar-refractivity contribution in [1.29, 1.82) is 0 Å². The first-order valence-corrected chi connectivity index (χ1v) is 6.75. The van der Waals surface area contributed by atoms with E-state index < -0.39 is 6.10 Å². The maximum atomic E-state index is 9.86. The summed E-state index contributed by atoms with van der Waals surface area (Å²) in [5.41, 5.74) is 0.813. The number of hydrogen-bond acceptors (Lipinski definition) is 6. The van der Waals surface area contributed by atoms with Crippen molar-refractivity contribution < 1.29 is 19.1 Å². The molecule has 1 heterocycles. The molecule has 2 rings (SSSR count). The fourth-order valence-electron chi connectivity index (χ4n) is 1.81. The Morgan fingerprint density at radius 2 is 2.14 bits per heavy atom. The lowest BCUT2D eigenvalue weighted by Crippen LogP contribution is -2.31. The molecule has 2 N–H and O–H groups in total. The van der Waals surface area contributed by atoms with Gasteiger partial charge in [0.1, 0.15) is 30.0 Å². The minimum absolute atomic E-state index is 0.206. The fourth-order valence-corrected chi connectivity index (χ4v) is 1.81. The van der Waals surface area contributed by atoms with E-state index in [1.165, 1.54) is 0 Å². The first-order valence-electron chi connectivity index (χ1n) is 6.75. The van der Waals surface area contributed by atoms with E-state index in [9.17, 15) is 5.11 Å². The number of rotatable bonds is 8. The van der Waals surface area contributed by atoms with E-state index in [-0.39, 0.29) is 6.61 Å². The first-order chi connectivity index (χ1) is 10.2. The van der Waals surface area contributed by atoms with Gasteiger partial charge in [0.15, 0.2) is 0 Å². The van der Waals surface area contributed by atoms with Crippen LogP contribution in [-0.4, -0.2) is 36.6 Å². The number of nitrogens with zero attached hydrogens (tertiary/aromatic N) is 1. The predicted octanol–water partition coefficient (Wildman–Crippen LogP) is 1.52. The molecule has 0 spiro atoms. The average molecular weight is 292 g/mol. The molecule has 0 aliphatic heterocycles. The minimum Gasteiger partial charge on any atom is -0.497 e. The molecule has 21 heavy (non-hydrogen) atoms. The maximum Gasteiger partial charge on any atom is 0.133 e. The van der Waals surface area contributed by atoms with Crippen molar-refractivity contribution >= 4 is 0 Å². The Morgan fingerprint density at radius 1 is 1.33 bits per heavy atom. The van der Waals surface area contributed by atoms with Gasteiger partial charge in [0.25, 0.3) is 0 Å². The van der Waals surface area contributed by atoms with Gasteiger partial charge in [-0.05, 0) is 19.1 Å². The zero-order valence-corrected chi connectivity index (χ0v) is 12.2. The van der Waals surface area contributed by atoms with Crippen LogP contribution in [0.1, 0.15) is 11.5 Å². The Bertz CT molecular complexity index is 556. The second kappa shape index (κ2) is 7.66. The number of aliphatic hydroxyl groups is 1. The summed E-state index contributed by atoms with van der Waals surface area (Å²) in [6.07, 6.45) is -0.607. The molecule has 0 bridgehead atoms.